The molecule has 30 heavy (non-hydrogen) atoms. The fourth-order valence-corrected chi connectivity index (χ4v) is 3.83. The van der Waals surface area contributed by atoms with Gasteiger partial charge < -0.3 is 10.1 Å². The Morgan fingerprint density at radius 1 is 0.967 bits per heavy atom. The highest BCUT2D eigenvalue weighted by Crippen LogP contribution is 2.44. The van der Waals surface area contributed by atoms with E-state index >= 15 is 0 Å². The van der Waals surface area contributed by atoms with E-state index in [1.807, 2.05) is 79.7 Å². The zero-order valence-electron chi connectivity index (χ0n) is 16.4. The van der Waals surface area contributed by atoms with E-state index in [0.29, 0.717) is 0 Å². The predicted molar refractivity (Wildman–Crippen MR) is 113 cm³/mol. The van der Waals surface area contributed by atoms with Crippen LogP contribution in [-0.4, -0.2) is 20.7 Å². The summed E-state index contributed by atoms with van der Waals surface area (Å²) in [5.74, 6) is 0.983. The van der Waals surface area contributed by atoms with Crippen molar-refractivity contribution in [2.45, 2.75) is 18.9 Å². The summed E-state index contributed by atoms with van der Waals surface area (Å²) < 4.78 is 7.70. The number of aromatic nitrogens is 3. The van der Waals surface area contributed by atoms with Gasteiger partial charge >= 0.3 is 0 Å². The van der Waals surface area contributed by atoms with Crippen molar-refractivity contribution in [3.05, 3.63) is 102 Å². The van der Waals surface area contributed by atoms with E-state index in [9.17, 15) is 4.79 Å². The zero-order chi connectivity index (χ0) is 20.5. The second-order valence-corrected chi connectivity index (χ2v) is 7.27. The van der Waals surface area contributed by atoms with Crippen molar-refractivity contribution in [1.29, 1.82) is 0 Å². The summed E-state index contributed by atoms with van der Waals surface area (Å²) in [5.41, 5.74) is 3.69. The maximum Gasteiger partial charge on any atom is 0.232 e. The van der Waals surface area contributed by atoms with E-state index in [0.717, 1.165) is 33.9 Å². The van der Waals surface area contributed by atoms with Gasteiger partial charge in [-0.3, -0.25) is 4.79 Å². The van der Waals surface area contributed by atoms with E-state index in [2.05, 4.69) is 15.4 Å². The first kappa shape index (κ1) is 18.1. The molecule has 1 atom stereocenters. The van der Waals surface area contributed by atoms with Gasteiger partial charge in [0.25, 0.3) is 0 Å². The Morgan fingerprint density at radius 2 is 1.60 bits per heavy atom. The number of carbonyl (C=O) groups excluding carboxylic acids is 1. The molecule has 0 radical (unpaired) electrons. The number of carbonyl (C=O) groups is 1. The predicted octanol–water partition coefficient (Wildman–Crippen LogP) is 4.38. The van der Waals surface area contributed by atoms with Crippen LogP contribution in [0.5, 0.6) is 11.5 Å². The van der Waals surface area contributed by atoms with Crippen molar-refractivity contribution in [2.24, 2.45) is 0 Å². The highest BCUT2D eigenvalue weighted by Gasteiger charge is 2.32. The van der Waals surface area contributed by atoms with Crippen molar-refractivity contribution in [3.8, 4) is 17.2 Å². The Hall–Kier alpha value is -3.93. The fourth-order valence-electron chi connectivity index (χ4n) is 3.83. The third kappa shape index (κ3) is 3.22. The topological polar surface area (TPSA) is 69.0 Å². The molecule has 1 aliphatic heterocycles. The van der Waals surface area contributed by atoms with Crippen LogP contribution < -0.4 is 10.1 Å². The molecule has 6 heteroatoms. The quantitative estimate of drug-likeness (QED) is 0.556. The fraction of sp³-hybridized carbons (Fsp3) is 0.125. The SMILES string of the molecule is C[C@H](NC(=O)C1c2ccccc2Oc2ccccc21)c1ccc(-n2cncn2)cc1. The smallest absolute Gasteiger partial charge is 0.232 e. The second kappa shape index (κ2) is 7.48. The number of nitrogens with one attached hydrogen (secondary N) is 1. The van der Waals surface area contributed by atoms with Crippen LogP contribution in [0, 0.1) is 0 Å². The summed E-state index contributed by atoms with van der Waals surface area (Å²) >= 11 is 0. The van der Waals surface area contributed by atoms with E-state index in [1.165, 1.54) is 6.33 Å². The Morgan fingerprint density at radius 3 is 2.20 bits per heavy atom. The minimum absolute atomic E-state index is 0.0500. The molecule has 0 unspecified atom stereocenters. The average Bonchev–Trinajstić information content (AvgIpc) is 3.32. The molecule has 0 spiro atoms. The van der Waals surface area contributed by atoms with Crippen LogP contribution in [0.2, 0.25) is 0 Å². The largest absolute Gasteiger partial charge is 0.457 e. The highest BCUT2D eigenvalue weighted by molar-refractivity contribution is 5.90. The van der Waals surface area contributed by atoms with Crippen LogP contribution in [-0.2, 0) is 4.79 Å². The Balaban J connectivity index is 1.40. The normalized spacial score (nSPS) is 13.6. The van der Waals surface area contributed by atoms with Gasteiger partial charge in [-0.25, -0.2) is 9.67 Å². The number of ether oxygens (including phenoxy) is 1. The summed E-state index contributed by atoms with van der Waals surface area (Å²) in [6, 6.07) is 23.2. The molecule has 1 amide bonds. The van der Waals surface area contributed by atoms with Crippen molar-refractivity contribution in [2.75, 3.05) is 0 Å². The molecule has 0 bridgehead atoms. The highest BCUT2D eigenvalue weighted by atomic mass is 16.5. The lowest BCUT2D eigenvalue weighted by atomic mass is 9.87. The van der Waals surface area contributed by atoms with Gasteiger partial charge in [-0.05, 0) is 36.8 Å². The van der Waals surface area contributed by atoms with E-state index in [-0.39, 0.29) is 11.9 Å². The minimum atomic E-state index is -0.414. The summed E-state index contributed by atoms with van der Waals surface area (Å²) in [4.78, 5) is 17.3. The minimum Gasteiger partial charge on any atom is -0.457 e. The van der Waals surface area contributed by atoms with Gasteiger partial charge in [-0.15, -0.1) is 0 Å². The number of nitrogens with zero attached hydrogens (tertiary/aromatic N) is 3. The number of amides is 1. The number of fused-ring (bicyclic) bond motifs is 2. The van der Waals surface area contributed by atoms with Crippen molar-refractivity contribution in [3.63, 3.8) is 0 Å². The van der Waals surface area contributed by atoms with Crippen LogP contribution >= 0.6 is 0 Å². The van der Waals surface area contributed by atoms with Gasteiger partial charge in [0.1, 0.15) is 24.2 Å². The molecule has 6 nitrogen and oxygen atoms in total. The van der Waals surface area contributed by atoms with Crippen LogP contribution in [0.15, 0.2) is 85.5 Å². The molecule has 0 saturated carbocycles. The zero-order valence-corrected chi connectivity index (χ0v) is 16.4. The number of hydrogen-bond donors (Lipinski definition) is 1. The van der Waals surface area contributed by atoms with Crippen LogP contribution in [0.25, 0.3) is 5.69 Å². The lowest BCUT2D eigenvalue weighted by Gasteiger charge is -2.28. The van der Waals surface area contributed by atoms with Crippen LogP contribution in [0.4, 0.5) is 0 Å². The molecule has 4 aromatic rings. The van der Waals surface area contributed by atoms with Gasteiger partial charge in [-0.1, -0.05) is 48.5 Å². The summed E-state index contributed by atoms with van der Waals surface area (Å²) in [6.07, 6.45) is 3.15. The number of benzene rings is 3. The monoisotopic (exact) mass is 396 g/mol. The summed E-state index contributed by atoms with van der Waals surface area (Å²) in [6.45, 7) is 1.99. The van der Waals surface area contributed by atoms with E-state index in [4.69, 9.17) is 4.74 Å². The molecular formula is C24H20N4O2. The molecule has 1 N–H and O–H groups in total. The molecule has 3 aromatic carbocycles. The van der Waals surface area contributed by atoms with Gasteiger partial charge in [0.2, 0.25) is 5.91 Å². The van der Waals surface area contributed by atoms with E-state index < -0.39 is 5.92 Å². The van der Waals surface area contributed by atoms with Crippen molar-refractivity contribution >= 4 is 5.91 Å². The molecule has 0 saturated heterocycles. The Kier molecular flexibility index (Phi) is 4.52. The lowest BCUT2D eigenvalue weighted by Crippen LogP contribution is -2.33. The third-order valence-electron chi connectivity index (χ3n) is 5.38. The molecule has 1 aromatic heterocycles. The number of hydrogen-bond acceptors (Lipinski definition) is 4. The molecule has 148 valence electrons. The first-order valence-electron chi connectivity index (χ1n) is 9.82. The van der Waals surface area contributed by atoms with Crippen molar-refractivity contribution < 1.29 is 9.53 Å². The van der Waals surface area contributed by atoms with Gasteiger partial charge in [0.15, 0.2) is 0 Å². The van der Waals surface area contributed by atoms with Crippen molar-refractivity contribution in [1.82, 2.24) is 20.1 Å². The van der Waals surface area contributed by atoms with Gasteiger partial charge in [-0.2, -0.15) is 5.10 Å². The van der Waals surface area contributed by atoms with Gasteiger partial charge in [0.05, 0.1) is 17.6 Å². The van der Waals surface area contributed by atoms with Gasteiger partial charge in [0, 0.05) is 11.1 Å². The van der Waals surface area contributed by atoms with E-state index in [1.54, 1.807) is 11.0 Å². The number of para-hydroxylation sites is 2. The number of rotatable bonds is 4. The first-order valence-corrected chi connectivity index (χ1v) is 9.82. The third-order valence-corrected chi connectivity index (χ3v) is 5.38. The maximum absolute atomic E-state index is 13.4. The molecule has 0 fully saturated rings. The average molecular weight is 396 g/mol. The van der Waals surface area contributed by atoms with Crippen LogP contribution in [0.3, 0.4) is 0 Å². The summed E-state index contributed by atoms with van der Waals surface area (Å²) in [5, 5.41) is 7.31. The maximum atomic E-state index is 13.4. The summed E-state index contributed by atoms with van der Waals surface area (Å²) in [7, 11) is 0. The Bertz CT molecular complexity index is 1140. The molecule has 2 heterocycles. The molecular weight excluding hydrogens is 376 g/mol. The molecule has 1 aliphatic rings. The lowest BCUT2D eigenvalue weighted by molar-refractivity contribution is -0.122. The molecule has 0 aliphatic carbocycles. The Labute approximate surface area is 174 Å². The van der Waals surface area contributed by atoms with Crippen LogP contribution in [0.1, 0.15) is 35.6 Å². The molecule has 5 rings (SSSR count). The standard InChI is InChI=1S/C24H20N4O2/c1-16(17-10-12-18(13-11-17)28-15-25-14-26-28)27-24(29)23-19-6-2-4-8-21(19)30-22-9-5-3-7-20(22)23/h2-16,23H,1H3,(H,27,29)/t16-/m0/s1. The second-order valence-electron chi connectivity index (χ2n) is 7.27. The first-order chi connectivity index (χ1) is 14.7.